The maximum absolute atomic E-state index is 11.3. The zero-order chi connectivity index (χ0) is 14.6. The predicted molar refractivity (Wildman–Crippen MR) is 80.3 cm³/mol. The Morgan fingerprint density at radius 2 is 2.00 bits per heavy atom. The number of aromatic nitrogens is 1. The summed E-state index contributed by atoms with van der Waals surface area (Å²) in [5, 5.41) is 8.30. The van der Waals surface area contributed by atoms with E-state index in [0.29, 0.717) is 13.1 Å². The minimum atomic E-state index is -3.65. The first-order valence-electron chi connectivity index (χ1n) is 5.88. The van der Waals surface area contributed by atoms with Crippen molar-refractivity contribution in [3.63, 3.8) is 0 Å². The van der Waals surface area contributed by atoms with Gasteiger partial charge in [-0.25, -0.2) is 13.6 Å². The maximum Gasteiger partial charge on any atom is 0.238 e. The van der Waals surface area contributed by atoms with E-state index >= 15 is 0 Å². The van der Waals surface area contributed by atoms with Crippen molar-refractivity contribution in [2.75, 3.05) is 0 Å². The number of hydrogen-bond donors (Lipinski definition) is 2. The van der Waals surface area contributed by atoms with E-state index < -0.39 is 10.0 Å². The van der Waals surface area contributed by atoms with Crippen LogP contribution in [0.2, 0.25) is 0 Å². The highest BCUT2D eigenvalue weighted by molar-refractivity contribution is 9.10. The highest BCUT2D eigenvalue weighted by Gasteiger charge is 2.07. The van der Waals surface area contributed by atoms with Crippen LogP contribution in [0.1, 0.15) is 11.3 Å². The zero-order valence-electron chi connectivity index (χ0n) is 10.6. The van der Waals surface area contributed by atoms with Gasteiger partial charge in [0.25, 0.3) is 0 Å². The van der Waals surface area contributed by atoms with Gasteiger partial charge in [-0.15, -0.1) is 0 Å². The Morgan fingerprint density at radius 3 is 2.65 bits per heavy atom. The molecule has 1 aromatic carbocycles. The van der Waals surface area contributed by atoms with Crippen molar-refractivity contribution in [3.05, 3.63) is 58.3 Å². The molecule has 7 heteroatoms. The summed E-state index contributed by atoms with van der Waals surface area (Å²) in [7, 11) is -3.65. The molecule has 0 aliphatic carbocycles. The number of nitrogens with one attached hydrogen (secondary N) is 1. The third-order valence-electron chi connectivity index (χ3n) is 2.65. The lowest BCUT2D eigenvalue weighted by atomic mass is 10.2. The van der Waals surface area contributed by atoms with Crippen LogP contribution in [-0.2, 0) is 23.1 Å². The molecular formula is C13H14BrN3O2S. The number of hydrogen-bond acceptors (Lipinski definition) is 4. The Labute approximate surface area is 126 Å². The van der Waals surface area contributed by atoms with Gasteiger partial charge in [-0.1, -0.05) is 12.1 Å². The second-order valence-electron chi connectivity index (χ2n) is 4.26. The predicted octanol–water partition coefficient (Wildman–Crippen LogP) is 1.78. The quantitative estimate of drug-likeness (QED) is 0.855. The molecule has 0 fully saturated rings. The Hall–Kier alpha value is -1.28. The minimum absolute atomic E-state index is 0.124. The molecule has 0 saturated heterocycles. The number of pyridine rings is 1. The molecule has 0 atom stereocenters. The molecule has 2 aromatic rings. The van der Waals surface area contributed by atoms with Crippen molar-refractivity contribution in [1.82, 2.24) is 10.3 Å². The lowest BCUT2D eigenvalue weighted by molar-refractivity contribution is 0.597. The van der Waals surface area contributed by atoms with E-state index in [2.05, 4.69) is 26.2 Å². The summed E-state index contributed by atoms with van der Waals surface area (Å²) in [5.74, 6) is 0. The molecule has 106 valence electrons. The van der Waals surface area contributed by atoms with E-state index in [0.717, 1.165) is 15.7 Å². The third-order valence-corrected chi connectivity index (χ3v) is 4.03. The molecule has 5 nitrogen and oxygen atoms in total. The number of halogens is 1. The first kappa shape index (κ1) is 15.1. The topological polar surface area (TPSA) is 85.1 Å². The number of sulfonamides is 1. The van der Waals surface area contributed by atoms with Crippen molar-refractivity contribution in [2.24, 2.45) is 5.14 Å². The maximum atomic E-state index is 11.3. The van der Waals surface area contributed by atoms with Crippen molar-refractivity contribution >= 4 is 26.0 Å². The molecule has 0 radical (unpaired) electrons. The van der Waals surface area contributed by atoms with Crippen LogP contribution in [0.5, 0.6) is 0 Å². The number of nitrogens with two attached hydrogens (primary N) is 1. The normalized spacial score (nSPS) is 11.5. The largest absolute Gasteiger partial charge is 0.307 e. The Balaban J connectivity index is 1.96. The fourth-order valence-corrected chi connectivity index (χ4v) is 2.50. The number of rotatable bonds is 5. The van der Waals surface area contributed by atoms with Gasteiger partial charge in [0.05, 0.1) is 10.6 Å². The van der Waals surface area contributed by atoms with Crippen molar-refractivity contribution in [1.29, 1.82) is 0 Å². The summed E-state index contributed by atoms with van der Waals surface area (Å²) >= 11 is 3.33. The van der Waals surface area contributed by atoms with Gasteiger partial charge in [0.15, 0.2) is 0 Å². The lowest BCUT2D eigenvalue weighted by Gasteiger charge is -2.06. The SMILES string of the molecule is NS(=O)(=O)c1cccc(CNCc2ccc(Br)cn2)c1. The van der Waals surface area contributed by atoms with Crippen LogP contribution in [0.15, 0.2) is 52.0 Å². The second-order valence-corrected chi connectivity index (χ2v) is 6.74. The van der Waals surface area contributed by atoms with Gasteiger partial charge in [-0.2, -0.15) is 0 Å². The molecule has 0 unspecified atom stereocenters. The van der Waals surface area contributed by atoms with Crippen LogP contribution in [-0.4, -0.2) is 13.4 Å². The Morgan fingerprint density at radius 1 is 1.20 bits per heavy atom. The molecule has 1 heterocycles. The third kappa shape index (κ3) is 4.38. The summed E-state index contributed by atoms with van der Waals surface area (Å²) < 4.78 is 23.4. The fraction of sp³-hybridized carbons (Fsp3) is 0.154. The van der Waals surface area contributed by atoms with E-state index in [4.69, 9.17) is 5.14 Å². The van der Waals surface area contributed by atoms with Gasteiger partial charge >= 0.3 is 0 Å². The average Bonchev–Trinajstić information content (AvgIpc) is 2.40. The molecule has 0 aliphatic rings. The van der Waals surface area contributed by atoms with E-state index in [1.54, 1.807) is 18.3 Å². The lowest BCUT2D eigenvalue weighted by Crippen LogP contribution is -2.15. The van der Waals surface area contributed by atoms with E-state index in [1.807, 2.05) is 18.2 Å². The Bertz CT molecular complexity index is 687. The highest BCUT2D eigenvalue weighted by atomic mass is 79.9. The smallest absolute Gasteiger partial charge is 0.238 e. The molecule has 0 spiro atoms. The average molecular weight is 356 g/mol. The van der Waals surface area contributed by atoms with Crippen LogP contribution < -0.4 is 10.5 Å². The first-order valence-corrected chi connectivity index (χ1v) is 8.22. The number of benzene rings is 1. The minimum Gasteiger partial charge on any atom is -0.307 e. The van der Waals surface area contributed by atoms with Gasteiger partial charge in [0, 0.05) is 23.8 Å². The van der Waals surface area contributed by atoms with Gasteiger partial charge in [-0.3, -0.25) is 4.98 Å². The van der Waals surface area contributed by atoms with Gasteiger partial charge in [0.1, 0.15) is 0 Å². The molecule has 3 N–H and O–H groups in total. The van der Waals surface area contributed by atoms with E-state index in [1.165, 1.54) is 6.07 Å². The van der Waals surface area contributed by atoms with Crippen molar-refractivity contribution < 1.29 is 8.42 Å². The fourth-order valence-electron chi connectivity index (χ4n) is 1.68. The first-order chi connectivity index (χ1) is 9.45. The van der Waals surface area contributed by atoms with Crippen LogP contribution >= 0.6 is 15.9 Å². The number of primary sulfonamides is 1. The zero-order valence-corrected chi connectivity index (χ0v) is 13.0. The van der Waals surface area contributed by atoms with E-state index in [-0.39, 0.29) is 4.90 Å². The summed E-state index contributed by atoms with van der Waals surface area (Å²) in [6.07, 6.45) is 1.73. The summed E-state index contributed by atoms with van der Waals surface area (Å²) in [6.45, 7) is 1.15. The van der Waals surface area contributed by atoms with Gasteiger partial charge < -0.3 is 5.32 Å². The molecular weight excluding hydrogens is 342 g/mol. The number of nitrogens with zero attached hydrogens (tertiary/aromatic N) is 1. The van der Waals surface area contributed by atoms with Crippen LogP contribution in [0.25, 0.3) is 0 Å². The monoisotopic (exact) mass is 355 g/mol. The van der Waals surface area contributed by atoms with E-state index in [9.17, 15) is 8.42 Å². The molecule has 0 aliphatic heterocycles. The molecule has 1 aromatic heterocycles. The molecule has 2 rings (SSSR count). The Kier molecular flexibility index (Phi) is 4.87. The molecule has 0 amide bonds. The van der Waals surface area contributed by atoms with Crippen LogP contribution in [0, 0.1) is 0 Å². The summed E-state index contributed by atoms with van der Waals surface area (Å²) in [6, 6.07) is 10.4. The standard InChI is InChI=1S/C13H14BrN3O2S/c14-11-4-5-12(17-8-11)9-16-7-10-2-1-3-13(6-10)20(15,18)19/h1-6,8,16H,7,9H2,(H2,15,18,19). The molecule has 0 bridgehead atoms. The van der Waals surface area contributed by atoms with Crippen LogP contribution in [0.3, 0.4) is 0 Å². The van der Waals surface area contributed by atoms with Gasteiger partial charge in [0.2, 0.25) is 10.0 Å². The van der Waals surface area contributed by atoms with Crippen LogP contribution in [0.4, 0.5) is 0 Å². The highest BCUT2D eigenvalue weighted by Crippen LogP contribution is 2.10. The summed E-state index contributed by atoms with van der Waals surface area (Å²) in [5.41, 5.74) is 1.77. The second kappa shape index (κ2) is 6.45. The molecule has 0 saturated carbocycles. The van der Waals surface area contributed by atoms with Gasteiger partial charge in [-0.05, 0) is 45.8 Å². The summed E-state index contributed by atoms with van der Waals surface area (Å²) in [4.78, 5) is 4.36. The van der Waals surface area contributed by atoms with Crippen molar-refractivity contribution in [2.45, 2.75) is 18.0 Å². The van der Waals surface area contributed by atoms with Crippen molar-refractivity contribution in [3.8, 4) is 0 Å². The molecule has 20 heavy (non-hydrogen) atoms.